The Morgan fingerprint density at radius 3 is 2.25 bits per heavy atom. The van der Waals surface area contributed by atoms with Gasteiger partial charge in [-0.2, -0.15) is 0 Å². The number of carboxylic acid groups (broad SMARTS) is 1. The summed E-state index contributed by atoms with van der Waals surface area (Å²) in [6, 6.07) is -1.94. The summed E-state index contributed by atoms with van der Waals surface area (Å²) in [6.07, 6.45) is 0. The third kappa shape index (κ3) is 2.02. The Balaban J connectivity index is 3.57. The lowest BCUT2D eigenvalue weighted by molar-refractivity contribution is -0.138. The lowest BCUT2D eigenvalue weighted by Crippen LogP contribution is -2.23. The number of nitrogens with two attached hydrogens (primary N) is 1. The Morgan fingerprint density at radius 2 is 1.81 bits per heavy atom. The number of benzene rings is 1. The molecule has 0 bridgehead atoms. The van der Waals surface area contributed by atoms with Crippen LogP contribution in [0.25, 0.3) is 0 Å². The van der Waals surface area contributed by atoms with E-state index in [0.717, 1.165) is 0 Å². The van der Waals surface area contributed by atoms with Gasteiger partial charge in [0.15, 0.2) is 17.5 Å². The van der Waals surface area contributed by atoms with Crippen molar-refractivity contribution in [3.05, 3.63) is 32.5 Å². The Bertz CT molecular complexity index is 440. The molecule has 0 aliphatic rings. The average Bonchev–Trinajstić information content (AvgIpc) is 2.23. The van der Waals surface area contributed by atoms with Gasteiger partial charge in [-0.3, -0.25) is 4.79 Å². The average molecular weight is 318 g/mol. The first-order valence-corrected chi connectivity index (χ1v) is 4.95. The molecule has 1 aromatic rings. The molecule has 0 heterocycles. The summed E-state index contributed by atoms with van der Waals surface area (Å²) in [6.45, 7) is 0. The summed E-state index contributed by atoms with van der Waals surface area (Å²) in [4.78, 5) is 10.5. The molecule has 0 aromatic heterocycles. The standard InChI is InChI=1S/C8H4BrClF3NO2/c9-2-5(12)3(10)1(4(11)6(2)13)7(14)8(15)16/h7H,14H2,(H,15,16). The van der Waals surface area contributed by atoms with Crippen LogP contribution >= 0.6 is 27.5 Å². The predicted molar refractivity (Wildman–Crippen MR) is 53.6 cm³/mol. The molecule has 0 aliphatic carbocycles. The summed E-state index contributed by atoms with van der Waals surface area (Å²) in [5.41, 5.74) is 4.13. The summed E-state index contributed by atoms with van der Waals surface area (Å²) < 4.78 is 38.8. The second kappa shape index (κ2) is 4.60. The Morgan fingerprint density at radius 1 is 1.31 bits per heavy atom. The van der Waals surface area contributed by atoms with Crippen LogP contribution in [0.2, 0.25) is 5.02 Å². The van der Waals surface area contributed by atoms with Crippen LogP contribution in [0.4, 0.5) is 13.2 Å². The molecule has 88 valence electrons. The highest BCUT2D eigenvalue weighted by Gasteiger charge is 2.29. The van der Waals surface area contributed by atoms with E-state index in [4.69, 9.17) is 22.4 Å². The lowest BCUT2D eigenvalue weighted by atomic mass is 10.1. The minimum absolute atomic E-state index is 0.809. The highest BCUT2D eigenvalue weighted by molar-refractivity contribution is 9.10. The number of hydrogen-bond donors (Lipinski definition) is 2. The highest BCUT2D eigenvalue weighted by atomic mass is 79.9. The summed E-state index contributed by atoms with van der Waals surface area (Å²) in [5.74, 6) is -6.11. The summed E-state index contributed by atoms with van der Waals surface area (Å²) in [7, 11) is 0. The predicted octanol–water partition coefficient (Wildman–Crippen LogP) is 2.60. The number of aliphatic carboxylic acids is 1. The van der Waals surface area contributed by atoms with Crippen molar-refractivity contribution in [1.82, 2.24) is 0 Å². The molecule has 1 atom stereocenters. The number of hydrogen-bond acceptors (Lipinski definition) is 2. The Hall–Kier alpha value is -0.790. The van der Waals surface area contributed by atoms with Gasteiger partial charge in [0, 0.05) is 5.56 Å². The lowest BCUT2D eigenvalue weighted by Gasteiger charge is -2.12. The van der Waals surface area contributed by atoms with Crippen molar-refractivity contribution >= 4 is 33.5 Å². The first-order valence-electron chi connectivity index (χ1n) is 3.78. The molecule has 8 heteroatoms. The SMILES string of the molecule is NC(C(=O)O)c1c(F)c(F)c(Br)c(F)c1Cl. The molecule has 0 saturated heterocycles. The van der Waals surface area contributed by atoms with Crippen LogP contribution in [-0.4, -0.2) is 11.1 Å². The van der Waals surface area contributed by atoms with Crippen LogP contribution < -0.4 is 5.73 Å². The van der Waals surface area contributed by atoms with Gasteiger partial charge in [0.05, 0.1) is 9.50 Å². The molecule has 16 heavy (non-hydrogen) atoms. The number of carbonyl (C=O) groups is 1. The van der Waals surface area contributed by atoms with Gasteiger partial charge >= 0.3 is 5.97 Å². The van der Waals surface area contributed by atoms with Crippen molar-refractivity contribution < 1.29 is 23.1 Å². The van der Waals surface area contributed by atoms with E-state index in [1.165, 1.54) is 0 Å². The second-order valence-electron chi connectivity index (χ2n) is 2.80. The van der Waals surface area contributed by atoms with Gasteiger partial charge in [-0.15, -0.1) is 0 Å². The van der Waals surface area contributed by atoms with E-state index in [1.807, 2.05) is 0 Å². The molecule has 0 fully saturated rings. The van der Waals surface area contributed by atoms with E-state index in [0.29, 0.717) is 0 Å². The smallest absolute Gasteiger partial charge is 0.325 e. The zero-order chi connectivity index (χ0) is 12.6. The molecule has 0 radical (unpaired) electrons. The van der Waals surface area contributed by atoms with Crippen LogP contribution in [0.3, 0.4) is 0 Å². The fourth-order valence-corrected chi connectivity index (χ4v) is 1.80. The van der Waals surface area contributed by atoms with Crippen molar-refractivity contribution in [2.45, 2.75) is 6.04 Å². The van der Waals surface area contributed by atoms with Gasteiger partial charge in [-0.05, 0) is 15.9 Å². The van der Waals surface area contributed by atoms with Crippen LogP contribution in [-0.2, 0) is 4.79 Å². The normalized spacial score (nSPS) is 12.6. The van der Waals surface area contributed by atoms with E-state index in [9.17, 15) is 18.0 Å². The van der Waals surface area contributed by atoms with E-state index in [1.54, 1.807) is 0 Å². The molecule has 1 unspecified atom stereocenters. The number of rotatable bonds is 2. The van der Waals surface area contributed by atoms with Crippen molar-refractivity contribution in [3.63, 3.8) is 0 Å². The monoisotopic (exact) mass is 317 g/mol. The highest BCUT2D eigenvalue weighted by Crippen LogP contribution is 2.35. The van der Waals surface area contributed by atoms with Crippen molar-refractivity contribution in [3.8, 4) is 0 Å². The van der Waals surface area contributed by atoms with Crippen molar-refractivity contribution in [2.75, 3.05) is 0 Å². The third-order valence-corrected chi connectivity index (χ3v) is 2.89. The molecule has 0 saturated carbocycles. The van der Waals surface area contributed by atoms with Crippen LogP contribution in [0.15, 0.2) is 4.47 Å². The zero-order valence-electron chi connectivity index (χ0n) is 7.40. The van der Waals surface area contributed by atoms with E-state index >= 15 is 0 Å². The maximum absolute atomic E-state index is 13.3. The molecular weight excluding hydrogens is 314 g/mol. The topological polar surface area (TPSA) is 63.3 Å². The Kier molecular flexibility index (Phi) is 3.82. The first-order chi connectivity index (χ1) is 7.29. The molecule has 1 aromatic carbocycles. The van der Waals surface area contributed by atoms with E-state index < -0.39 is 44.5 Å². The largest absolute Gasteiger partial charge is 0.480 e. The van der Waals surface area contributed by atoms with Gasteiger partial charge in [0.25, 0.3) is 0 Å². The minimum Gasteiger partial charge on any atom is -0.480 e. The van der Waals surface area contributed by atoms with Gasteiger partial charge in [0.1, 0.15) is 6.04 Å². The fraction of sp³-hybridized carbons (Fsp3) is 0.125. The molecular formula is C8H4BrClF3NO2. The molecule has 3 N–H and O–H groups in total. The van der Waals surface area contributed by atoms with Crippen molar-refractivity contribution in [2.24, 2.45) is 5.73 Å². The van der Waals surface area contributed by atoms with Gasteiger partial charge < -0.3 is 10.8 Å². The first kappa shape index (κ1) is 13.3. The third-order valence-electron chi connectivity index (χ3n) is 1.82. The maximum atomic E-state index is 13.3. The van der Waals surface area contributed by atoms with Crippen LogP contribution in [0, 0.1) is 17.5 Å². The minimum atomic E-state index is -1.94. The summed E-state index contributed by atoms with van der Waals surface area (Å²) >= 11 is 7.80. The van der Waals surface area contributed by atoms with Crippen molar-refractivity contribution in [1.29, 1.82) is 0 Å². The summed E-state index contributed by atoms with van der Waals surface area (Å²) in [5, 5.41) is 7.67. The maximum Gasteiger partial charge on any atom is 0.325 e. The quantitative estimate of drug-likeness (QED) is 0.651. The van der Waals surface area contributed by atoms with Gasteiger partial charge in [-0.1, -0.05) is 11.6 Å². The molecule has 3 nitrogen and oxygen atoms in total. The van der Waals surface area contributed by atoms with E-state index in [2.05, 4.69) is 15.9 Å². The van der Waals surface area contributed by atoms with Gasteiger partial charge in [-0.25, -0.2) is 13.2 Å². The molecule has 0 aliphatic heterocycles. The molecule has 0 spiro atoms. The Labute approximate surface area is 101 Å². The number of carboxylic acids is 1. The van der Waals surface area contributed by atoms with Gasteiger partial charge in [0.2, 0.25) is 0 Å². The molecule has 1 rings (SSSR count). The zero-order valence-corrected chi connectivity index (χ0v) is 9.74. The fourth-order valence-electron chi connectivity index (χ4n) is 1.02. The van der Waals surface area contributed by atoms with Crippen LogP contribution in [0.1, 0.15) is 11.6 Å². The second-order valence-corrected chi connectivity index (χ2v) is 3.97. The molecule has 0 amide bonds. The van der Waals surface area contributed by atoms with Crippen LogP contribution in [0.5, 0.6) is 0 Å². The number of halogens is 5. The van der Waals surface area contributed by atoms with E-state index in [-0.39, 0.29) is 0 Å².